The van der Waals surface area contributed by atoms with Crippen molar-refractivity contribution in [3.05, 3.63) is 58.6 Å². The van der Waals surface area contributed by atoms with Gasteiger partial charge in [0.2, 0.25) is 17.6 Å². The lowest BCUT2D eigenvalue weighted by Crippen LogP contribution is -2.29. The zero-order valence-corrected chi connectivity index (χ0v) is 13.9. The topological polar surface area (TPSA) is 59.2 Å². The molecule has 3 aromatic rings. The van der Waals surface area contributed by atoms with Gasteiger partial charge in [0.1, 0.15) is 0 Å². The van der Waals surface area contributed by atoms with E-state index in [4.69, 9.17) is 4.52 Å². The molecule has 2 aromatic heterocycles. The fourth-order valence-electron chi connectivity index (χ4n) is 2.97. The van der Waals surface area contributed by atoms with E-state index in [0.29, 0.717) is 24.7 Å². The summed E-state index contributed by atoms with van der Waals surface area (Å²) in [6, 6.07) is 11.8. The van der Waals surface area contributed by atoms with Crippen LogP contribution < -0.4 is 0 Å². The van der Waals surface area contributed by atoms with E-state index in [1.165, 1.54) is 0 Å². The molecule has 0 N–H and O–H groups in total. The Bertz CT molecular complexity index is 814. The molecule has 0 spiro atoms. The van der Waals surface area contributed by atoms with Gasteiger partial charge in [-0.05, 0) is 28.8 Å². The third-order valence-corrected chi connectivity index (χ3v) is 5.03. The van der Waals surface area contributed by atoms with Gasteiger partial charge in [-0.2, -0.15) is 16.3 Å². The first kappa shape index (κ1) is 15.1. The fraction of sp³-hybridized carbons (Fsp3) is 0.278. The minimum atomic E-state index is 0.126. The molecule has 122 valence electrons. The van der Waals surface area contributed by atoms with Crippen LogP contribution in [0.2, 0.25) is 0 Å². The molecule has 0 bridgehead atoms. The number of benzene rings is 1. The highest BCUT2D eigenvalue weighted by Crippen LogP contribution is 2.28. The number of hydrogen-bond acceptors (Lipinski definition) is 5. The summed E-state index contributed by atoms with van der Waals surface area (Å²) < 4.78 is 5.44. The lowest BCUT2D eigenvalue weighted by Gasteiger charge is -2.15. The molecule has 0 aliphatic carbocycles. The van der Waals surface area contributed by atoms with Crippen LogP contribution in [0.4, 0.5) is 0 Å². The molecular formula is C18H17N3O2S. The first-order valence-electron chi connectivity index (χ1n) is 7.97. The molecule has 1 saturated heterocycles. The zero-order valence-electron chi connectivity index (χ0n) is 13.1. The van der Waals surface area contributed by atoms with Gasteiger partial charge in [-0.1, -0.05) is 35.5 Å². The third-order valence-electron chi connectivity index (χ3n) is 4.30. The van der Waals surface area contributed by atoms with E-state index in [-0.39, 0.29) is 11.8 Å². The maximum Gasteiger partial charge on any atom is 0.231 e. The van der Waals surface area contributed by atoms with Gasteiger partial charge in [-0.25, -0.2) is 0 Å². The second-order valence-electron chi connectivity index (χ2n) is 5.96. The average Bonchev–Trinajstić information content (AvgIpc) is 3.36. The fourth-order valence-corrected chi connectivity index (χ4v) is 3.64. The Morgan fingerprint density at radius 3 is 2.96 bits per heavy atom. The SMILES string of the molecule is O=C(Cc1ccsc1)N1CC[C@H](c2nc(-c3ccccc3)no2)C1. The summed E-state index contributed by atoms with van der Waals surface area (Å²) >= 11 is 1.62. The maximum atomic E-state index is 12.4. The number of carbonyl (C=O) groups is 1. The molecule has 1 aliphatic heterocycles. The lowest BCUT2D eigenvalue weighted by atomic mass is 10.1. The highest BCUT2D eigenvalue weighted by Gasteiger charge is 2.31. The predicted octanol–water partition coefficient (Wildman–Crippen LogP) is 3.36. The molecular weight excluding hydrogens is 322 g/mol. The van der Waals surface area contributed by atoms with Gasteiger partial charge in [0.25, 0.3) is 0 Å². The molecule has 1 fully saturated rings. The van der Waals surface area contributed by atoms with E-state index in [1.807, 2.05) is 52.1 Å². The second-order valence-corrected chi connectivity index (χ2v) is 6.74. The summed E-state index contributed by atoms with van der Waals surface area (Å²) in [7, 11) is 0. The van der Waals surface area contributed by atoms with E-state index in [9.17, 15) is 4.79 Å². The normalized spacial score (nSPS) is 17.3. The van der Waals surface area contributed by atoms with Crippen LogP contribution in [0.5, 0.6) is 0 Å². The monoisotopic (exact) mass is 339 g/mol. The molecule has 4 rings (SSSR count). The summed E-state index contributed by atoms with van der Waals surface area (Å²) in [4.78, 5) is 18.8. The molecule has 1 aromatic carbocycles. The Kier molecular flexibility index (Phi) is 4.13. The number of nitrogens with zero attached hydrogens (tertiary/aromatic N) is 3. The van der Waals surface area contributed by atoms with Crippen LogP contribution in [-0.2, 0) is 11.2 Å². The number of rotatable bonds is 4. The Morgan fingerprint density at radius 1 is 1.29 bits per heavy atom. The second kappa shape index (κ2) is 6.57. The number of aromatic nitrogens is 2. The summed E-state index contributed by atoms with van der Waals surface area (Å²) in [6.45, 7) is 1.40. The molecule has 6 heteroatoms. The predicted molar refractivity (Wildman–Crippen MR) is 91.7 cm³/mol. The van der Waals surface area contributed by atoms with Gasteiger partial charge in [-0.15, -0.1) is 0 Å². The highest BCUT2D eigenvalue weighted by molar-refractivity contribution is 7.08. The molecule has 1 amide bonds. The number of carbonyl (C=O) groups excluding carboxylic acids is 1. The summed E-state index contributed by atoms with van der Waals surface area (Å²) in [5, 5.41) is 8.10. The van der Waals surface area contributed by atoms with E-state index in [2.05, 4.69) is 10.1 Å². The van der Waals surface area contributed by atoms with Gasteiger partial charge < -0.3 is 9.42 Å². The molecule has 24 heavy (non-hydrogen) atoms. The van der Waals surface area contributed by atoms with Crippen LogP contribution in [0.3, 0.4) is 0 Å². The van der Waals surface area contributed by atoms with Crippen LogP contribution in [-0.4, -0.2) is 34.0 Å². The Hall–Kier alpha value is -2.47. The van der Waals surface area contributed by atoms with E-state index >= 15 is 0 Å². The van der Waals surface area contributed by atoms with Crippen LogP contribution in [0.25, 0.3) is 11.4 Å². The summed E-state index contributed by atoms with van der Waals surface area (Å²) in [5.41, 5.74) is 2.02. The minimum absolute atomic E-state index is 0.126. The Balaban J connectivity index is 1.42. The summed E-state index contributed by atoms with van der Waals surface area (Å²) in [6.07, 6.45) is 1.33. The lowest BCUT2D eigenvalue weighted by molar-refractivity contribution is -0.129. The smallest absolute Gasteiger partial charge is 0.231 e. The first-order chi connectivity index (χ1) is 11.8. The van der Waals surface area contributed by atoms with Crippen molar-refractivity contribution in [3.8, 4) is 11.4 Å². The average molecular weight is 339 g/mol. The molecule has 1 aliphatic rings. The number of hydrogen-bond donors (Lipinski definition) is 0. The zero-order chi connectivity index (χ0) is 16.4. The van der Waals surface area contributed by atoms with Gasteiger partial charge in [0.05, 0.1) is 12.3 Å². The molecule has 5 nitrogen and oxygen atoms in total. The largest absolute Gasteiger partial charge is 0.342 e. The van der Waals surface area contributed by atoms with Crippen LogP contribution in [0.15, 0.2) is 51.7 Å². The summed E-state index contributed by atoms with van der Waals surface area (Å²) in [5.74, 6) is 1.52. The van der Waals surface area contributed by atoms with Crippen molar-refractivity contribution >= 4 is 17.2 Å². The van der Waals surface area contributed by atoms with Crippen LogP contribution in [0, 0.1) is 0 Å². The molecule has 0 radical (unpaired) electrons. The van der Waals surface area contributed by atoms with E-state index < -0.39 is 0 Å². The van der Waals surface area contributed by atoms with Gasteiger partial charge in [0, 0.05) is 18.7 Å². The van der Waals surface area contributed by atoms with Crippen molar-refractivity contribution in [1.82, 2.24) is 15.0 Å². The number of amides is 1. The van der Waals surface area contributed by atoms with Gasteiger partial charge in [-0.3, -0.25) is 4.79 Å². The van der Waals surface area contributed by atoms with Crippen molar-refractivity contribution < 1.29 is 9.32 Å². The van der Waals surface area contributed by atoms with Crippen molar-refractivity contribution in [2.45, 2.75) is 18.8 Å². The van der Waals surface area contributed by atoms with E-state index in [0.717, 1.165) is 24.1 Å². The Labute approximate surface area is 143 Å². The van der Waals surface area contributed by atoms with Crippen molar-refractivity contribution in [1.29, 1.82) is 0 Å². The van der Waals surface area contributed by atoms with Crippen molar-refractivity contribution in [2.24, 2.45) is 0 Å². The highest BCUT2D eigenvalue weighted by atomic mass is 32.1. The maximum absolute atomic E-state index is 12.4. The quantitative estimate of drug-likeness (QED) is 0.731. The molecule has 3 heterocycles. The van der Waals surface area contributed by atoms with Crippen LogP contribution in [0.1, 0.15) is 23.8 Å². The van der Waals surface area contributed by atoms with Gasteiger partial charge >= 0.3 is 0 Å². The standard InChI is InChI=1S/C18H17N3O2S/c22-16(10-13-7-9-24-12-13)21-8-6-15(11-21)18-19-17(20-23-18)14-4-2-1-3-5-14/h1-5,7,9,12,15H,6,8,10-11H2/t15-/m0/s1. The molecule has 0 saturated carbocycles. The molecule has 1 atom stereocenters. The van der Waals surface area contributed by atoms with Crippen LogP contribution >= 0.6 is 11.3 Å². The minimum Gasteiger partial charge on any atom is -0.342 e. The van der Waals surface area contributed by atoms with Crippen molar-refractivity contribution in [3.63, 3.8) is 0 Å². The van der Waals surface area contributed by atoms with Crippen molar-refractivity contribution in [2.75, 3.05) is 13.1 Å². The Morgan fingerprint density at radius 2 is 2.17 bits per heavy atom. The number of thiophene rings is 1. The van der Waals surface area contributed by atoms with Gasteiger partial charge in [0.15, 0.2) is 0 Å². The molecule has 0 unspecified atom stereocenters. The first-order valence-corrected chi connectivity index (χ1v) is 8.92. The van der Waals surface area contributed by atoms with E-state index in [1.54, 1.807) is 11.3 Å². The third kappa shape index (κ3) is 3.10. The number of likely N-dealkylation sites (tertiary alicyclic amines) is 1.